The first kappa shape index (κ1) is 11.9. The summed E-state index contributed by atoms with van der Waals surface area (Å²) < 4.78 is 3.75. The molecule has 0 saturated carbocycles. The summed E-state index contributed by atoms with van der Waals surface area (Å²) >= 11 is 0. The molecule has 0 saturated heterocycles. The molecule has 98 valence electrons. The highest BCUT2D eigenvalue weighted by molar-refractivity contribution is 5.81. The minimum atomic E-state index is 0.626. The lowest BCUT2D eigenvalue weighted by atomic mass is 10.2. The number of rotatable bonds is 4. The maximum atomic E-state index is 4.67. The normalized spacial score (nSPS) is 11.3. The second kappa shape index (κ2) is 4.81. The van der Waals surface area contributed by atoms with E-state index in [1.54, 1.807) is 11.0 Å². The topological polar surface area (TPSA) is 60.6 Å². The van der Waals surface area contributed by atoms with Crippen molar-refractivity contribution in [3.05, 3.63) is 42.1 Å². The van der Waals surface area contributed by atoms with E-state index in [2.05, 4.69) is 32.6 Å². The maximum absolute atomic E-state index is 4.67. The van der Waals surface area contributed by atoms with Crippen LogP contribution in [0.15, 0.2) is 30.6 Å². The summed E-state index contributed by atoms with van der Waals surface area (Å²) in [6.07, 6.45) is 1.57. The third-order valence-corrected chi connectivity index (χ3v) is 3.18. The van der Waals surface area contributed by atoms with Gasteiger partial charge in [-0.15, -0.1) is 0 Å². The van der Waals surface area contributed by atoms with Gasteiger partial charge in [-0.25, -0.2) is 4.98 Å². The molecule has 0 fully saturated rings. The second-order valence-corrected chi connectivity index (χ2v) is 4.45. The summed E-state index contributed by atoms with van der Waals surface area (Å²) in [6.45, 7) is 1.38. The molecule has 0 radical (unpaired) electrons. The molecule has 3 aromatic rings. The molecule has 3 rings (SSSR count). The number of nitrogens with zero attached hydrogens (tertiary/aromatic N) is 5. The van der Waals surface area contributed by atoms with E-state index < -0.39 is 0 Å². The molecule has 1 aromatic carbocycles. The van der Waals surface area contributed by atoms with Crippen LogP contribution in [0.25, 0.3) is 10.9 Å². The van der Waals surface area contributed by atoms with Gasteiger partial charge in [0.1, 0.15) is 18.7 Å². The van der Waals surface area contributed by atoms with Crippen molar-refractivity contribution in [2.75, 3.05) is 7.05 Å². The zero-order valence-corrected chi connectivity index (χ0v) is 11.0. The Morgan fingerprint density at radius 3 is 2.84 bits per heavy atom. The van der Waals surface area contributed by atoms with Gasteiger partial charge < -0.3 is 5.32 Å². The highest BCUT2D eigenvalue weighted by atomic mass is 15.4. The summed E-state index contributed by atoms with van der Waals surface area (Å²) in [6, 6.07) is 8.25. The molecule has 2 aromatic heterocycles. The SMILES string of the molecule is CNCc1nn(Cc2ncnn2C)c2ccccc12. The predicted octanol–water partition coefficient (Wildman–Crippen LogP) is 0.932. The van der Waals surface area contributed by atoms with Crippen LogP contribution in [0.3, 0.4) is 0 Å². The molecule has 0 aliphatic rings. The van der Waals surface area contributed by atoms with Crippen LogP contribution in [0.5, 0.6) is 0 Å². The van der Waals surface area contributed by atoms with Crippen LogP contribution in [-0.2, 0) is 20.1 Å². The summed E-state index contributed by atoms with van der Waals surface area (Å²) in [5.74, 6) is 0.893. The zero-order valence-electron chi connectivity index (χ0n) is 11.0. The Bertz CT molecular complexity index is 696. The van der Waals surface area contributed by atoms with Crippen molar-refractivity contribution < 1.29 is 0 Å². The molecular weight excluding hydrogens is 240 g/mol. The second-order valence-electron chi connectivity index (χ2n) is 4.45. The van der Waals surface area contributed by atoms with E-state index in [-0.39, 0.29) is 0 Å². The quantitative estimate of drug-likeness (QED) is 0.754. The largest absolute Gasteiger partial charge is 0.314 e. The molecule has 2 heterocycles. The zero-order chi connectivity index (χ0) is 13.2. The predicted molar refractivity (Wildman–Crippen MR) is 72.6 cm³/mol. The van der Waals surface area contributed by atoms with Gasteiger partial charge in [0.2, 0.25) is 0 Å². The molecule has 0 unspecified atom stereocenters. The summed E-state index contributed by atoms with van der Waals surface area (Å²) in [4.78, 5) is 4.25. The van der Waals surface area contributed by atoms with Crippen molar-refractivity contribution >= 4 is 10.9 Å². The summed E-state index contributed by atoms with van der Waals surface area (Å²) in [5.41, 5.74) is 2.18. The Hall–Kier alpha value is -2.21. The minimum Gasteiger partial charge on any atom is -0.314 e. The molecule has 19 heavy (non-hydrogen) atoms. The number of para-hydroxylation sites is 1. The van der Waals surface area contributed by atoms with Crippen LogP contribution < -0.4 is 5.32 Å². The van der Waals surface area contributed by atoms with Gasteiger partial charge in [-0.1, -0.05) is 18.2 Å². The number of hydrogen-bond donors (Lipinski definition) is 1. The molecule has 0 amide bonds. The van der Waals surface area contributed by atoms with E-state index in [9.17, 15) is 0 Å². The number of nitrogens with one attached hydrogen (secondary N) is 1. The Labute approximate surface area is 111 Å². The molecule has 1 N–H and O–H groups in total. The van der Waals surface area contributed by atoms with Crippen LogP contribution in [0.2, 0.25) is 0 Å². The fourth-order valence-corrected chi connectivity index (χ4v) is 2.21. The van der Waals surface area contributed by atoms with Crippen molar-refractivity contribution in [3.8, 4) is 0 Å². The molecule has 6 heteroatoms. The highest BCUT2D eigenvalue weighted by Crippen LogP contribution is 2.18. The third kappa shape index (κ3) is 2.10. The monoisotopic (exact) mass is 256 g/mol. The van der Waals surface area contributed by atoms with Crippen molar-refractivity contribution in [2.45, 2.75) is 13.1 Å². The molecule has 0 spiro atoms. The molecule has 0 aliphatic carbocycles. The average Bonchev–Trinajstić information content (AvgIpc) is 2.97. The minimum absolute atomic E-state index is 0.626. The number of fused-ring (bicyclic) bond motifs is 1. The van der Waals surface area contributed by atoms with E-state index in [1.807, 2.05) is 30.9 Å². The molecule has 0 atom stereocenters. The first-order chi connectivity index (χ1) is 9.29. The number of aryl methyl sites for hydroxylation is 1. The van der Waals surface area contributed by atoms with Crippen LogP contribution in [0.1, 0.15) is 11.5 Å². The van der Waals surface area contributed by atoms with Gasteiger partial charge in [-0.2, -0.15) is 10.2 Å². The fourth-order valence-electron chi connectivity index (χ4n) is 2.21. The van der Waals surface area contributed by atoms with E-state index in [0.717, 1.165) is 23.6 Å². The lowest BCUT2D eigenvalue weighted by molar-refractivity contribution is 0.610. The highest BCUT2D eigenvalue weighted by Gasteiger charge is 2.11. The first-order valence-electron chi connectivity index (χ1n) is 6.21. The van der Waals surface area contributed by atoms with E-state index in [4.69, 9.17) is 0 Å². The lowest BCUT2D eigenvalue weighted by Gasteiger charge is -2.02. The van der Waals surface area contributed by atoms with Crippen molar-refractivity contribution in [1.29, 1.82) is 0 Å². The van der Waals surface area contributed by atoms with Gasteiger partial charge in [0, 0.05) is 19.0 Å². The number of aromatic nitrogens is 5. The standard InChI is InChI=1S/C13H16N6/c1-14-7-11-10-5-3-4-6-12(10)19(17-11)8-13-15-9-16-18(13)2/h3-6,9,14H,7-8H2,1-2H3. The lowest BCUT2D eigenvalue weighted by Crippen LogP contribution is -2.10. The van der Waals surface area contributed by atoms with Gasteiger partial charge >= 0.3 is 0 Å². The van der Waals surface area contributed by atoms with Crippen LogP contribution in [0.4, 0.5) is 0 Å². The van der Waals surface area contributed by atoms with E-state index in [0.29, 0.717) is 6.54 Å². The fraction of sp³-hybridized carbons (Fsp3) is 0.308. The van der Waals surface area contributed by atoms with Gasteiger partial charge in [-0.05, 0) is 13.1 Å². The van der Waals surface area contributed by atoms with Gasteiger partial charge in [-0.3, -0.25) is 9.36 Å². The van der Waals surface area contributed by atoms with Gasteiger partial charge in [0.25, 0.3) is 0 Å². The molecule has 0 aliphatic heterocycles. The Kier molecular flexibility index (Phi) is 3.00. The number of benzene rings is 1. The molecular formula is C13H16N6. The maximum Gasteiger partial charge on any atom is 0.148 e. The number of hydrogen-bond acceptors (Lipinski definition) is 4. The van der Waals surface area contributed by atoms with Gasteiger partial charge in [0.15, 0.2) is 0 Å². The van der Waals surface area contributed by atoms with Gasteiger partial charge in [0.05, 0.1) is 11.2 Å². The van der Waals surface area contributed by atoms with Crippen LogP contribution >= 0.6 is 0 Å². The van der Waals surface area contributed by atoms with Crippen LogP contribution in [0, 0.1) is 0 Å². The summed E-state index contributed by atoms with van der Waals surface area (Å²) in [7, 11) is 3.82. The Morgan fingerprint density at radius 1 is 1.26 bits per heavy atom. The van der Waals surface area contributed by atoms with Crippen LogP contribution in [-0.4, -0.2) is 31.6 Å². The summed E-state index contributed by atoms with van der Waals surface area (Å²) in [5, 5.41) is 13.1. The smallest absolute Gasteiger partial charge is 0.148 e. The van der Waals surface area contributed by atoms with Crippen molar-refractivity contribution in [1.82, 2.24) is 29.9 Å². The van der Waals surface area contributed by atoms with Crippen molar-refractivity contribution in [3.63, 3.8) is 0 Å². The Balaban J connectivity index is 2.06. The third-order valence-electron chi connectivity index (χ3n) is 3.18. The molecule has 6 nitrogen and oxygen atoms in total. The first-order valence-corrected chi connectivity index (χ1v) is 6.21. The average molecular weight is 256 g/mol. The van der Waals surface area contributed by atoms with E-state index in [1.165, 1.54) is 5.39 Å². The van der Waals surface area contributed by atoms with Crippen molar-refractivity contribution in [2.24, 2.45) is 7.05 Å². The van der Waals surface area contributed by atoms with E-state index >= 15 is 0 Å². The molecule has 0 bridgehead atoms. The Morgan fingerprint density at radius 2 is 2.11 bits per heavy atom.